The zero-order chi connectivity index (χ0) is 30.0. The second kappa shape index (κ2) is 15.0. The third-order valence-corrected chi connectivity index (χ3v) is 9.75. The van der Waals surface area contributed by atoms with E-state index < -0.39 is 22.7 Å². The standard InChI is InChI=1S/C30H47NO8S/c1-8-29(5,26(34)36-7)30(6)20-28(30,4)19-24(40-18-14-32)25(33)38-15-13-31-27(35)39-17-16-37-23-11-9-22(10-12-23)21(2)3/h9-12,21,24,32H,8,13-20H2,1-7H3,(H,31,35)/t24?,28?,29-,30?/m1/s1. The van der Waals surface area contributed by atoms with Crippen LogP contribution in [0.1, 0.15) is 72.3 Å². The zero-order valence-corrected chi connectivity index (χ0v) is 25.9. The Morgan fingerprint density at radius 2 is 1.77 bits per heavy atom. The molecule has 0 spiro atoms. The Hall–Kier alpha value is -2.46. The first kappa shape index (κ1) is 33.7. The van der Waals surface area contributed by atoms with Gasteiger partial charge in [0.25, 0.3) is 0 Å². The van der Waals surface area contributed by atoms with Crippen molar-refractivity contribution in [2.45, 2.75) is 72.0 Å². The number of esters is 2. The van der Waals surface area contributed by atoms with E-state index in [2.05, 4.69) is 33.0 Å². The molecule has 2 rings (SSSR count). The van der Waals surface area contributed by atoms with Gasteiger partial charge in [0.1, 0.15) is 30.8 Å². The molecule has 1 aliphatic carbocycles. The quantitative estimate of drug-likeness (QED) is 0.150. The number of methoxy groups -OCH3 is 1. The molecule has 0 bridgehead atoms. The van der Waals surface area contributed by atoms with E-state index in [1.54, 1.807) is 0 Å². The van der Waals surface area contributed by atoms with Gasteiger partial charge in [-0.25, -0.2) is 4.79 Å². The summed E-state index contributed by atoms with van der Waals surface area (Å²) in [5.74, 6) is 0.894. The fourth-order valence-electron chi connectivity index (χ4n) is 5.39. The van der Waals surface area contributed by atoms with Crippen molar-refractivity contribution in [3.8, 4) is 5.75 Å². The highest BCUT2D eigenvalue weighted by Gasteiger charge is 2.71. The maximum absolute atomic E-state index is 12.9. The van der Waals surface area contributed by atoms with Crippen molar-refractivity contribution in [2.75, 3.05) is 45.8 Å². The van der Waals surface area contributed by atoms with Gasteiger partial charge in [-0.05, 0) is 60.6 Å². The molecule has 0 aromatic heterocycles. The van der Waals surface area contributed by atoms with Crippen LogP contribution in [-0.4, -0.2) is 74.2 Å². The average molecular weight is 582 g/mol. The Morgan fingerprint density at radius 1 is 1.10 bits per heavy atom. The predicted molar refractivity (Wildman–Crippen MR) is 156 cm³/mol. The van der Waals surface area contributed by atoms with Crippen molar-refractivity contribution in [1.29, 1.82) is 0 Å². The molecule has 0 heterocycles. The number of amides is 1. The number of ether oxygens (including phenoxy) is 4. The van der Waals surface area contributed by atoms with Crippen molar-refractivity contribution in [3.63, 3.8) is 0 Å². The van der Waals surface area contributed by atoms with Crippen LogP contribution >= 0.6 is 11.8 Å². The van der Waals surface area contributed by atoms with E-state index in [0.717, 1.165) is 6.42 Å². The second-order valence-corrected chi connectivity index (χ2v) is 12.6. The summed E-state index contributed by atoms with van der Waals surface area (Å²) in [7, 11) is 1.40. The number of hydrogen-bond donors (Lipinski definition) is 2. The van der Waals surface area contributed by atoms with Gasteiger partial charge >= 0.3 is 18.0 Å². The van der Waals surface area contributed by atoms with E-state index in [-0.39, 0.29) is 49.8 Å². The predicted octanol–water partition coefficient (Wildman–Crippen LogP) is 4.95. The smallest absolute Gasteiger partial charge is 0.407 e. The van der Waals surface area contributed by atoms with Crippen molar-refractivity contribution in [2.24, 2.45) is 16.2 Å². The molecule has 10 heteroatoms. The molecule has 1 amide bonds. The Balaban J connectivity index is 1.76. The van der Waals surface area contributed by atoms with Gasteiger partial charge in [0, 0.05) is 5.75 Å². The van der Waals surface area contributed by atoms with Crippen LogP contribution in [0, 0.1) is 16.2 Å². The lowest BCUT2D eigenvalue weighted by Crippen LogP contribution is -2.40. The van der Waals surface area contributed by atoms with Crippen LogP contribution in [0.25, 0.3) is 0 Å². The molecular weight excluding hydrogens is 534 g/mol. The lowest BCUT2D eigenvalue weighted by Gasteiger charge is -2.36. The number of carbonyl (C=O) groups excluding carboxylic acids is 3. The first-order valence-electron chi connectivity index (χ1n) is 14.0. The summed E-state index contributed by atoms with van der Waals surface area (Å²) in [5.41, 5.74) is -0.0358. The van der Waals surface area contributed by atoms with Crippen LogP contribution in [0.3, 0.4) is 0 Å². The van der Waals surface area contributed by atoms with Crippen LogP contribution in [0.5, 0.6) is 5.75 Å². The number of nitrogens with one attached hydrogen (secondary N) is 1. The van der Waals surface area contributed by atoms with Crippen molar-refractivity contribution in [3.05, 3.63) is 29.8 Å². The molecule has 1 aromatic carbocycles. The van der Waals surface area contributed by atoms with Gasteiger partial charge in [-0.3, -0.25) is 9.59 Å². The van der Waals surface area contributed by atoms with Crippen LogP contribution in [0.4, 0.5) is 4.79 Å². The number of aliphatic hydroxyl groups excluding tert-OH is 1. The zero-order valence-electron chi connectivity index (χ0n) is 25.0. The third kappa shape index (κ3) is 8.28. The maximum Gasteiger partial charge on any atom is 0.407 e. The lowest BCUT2D eigenvalue weighted by atomic mass is 9.68. The van der Waals surface area contributed by atoms with Crippen LogP contribution in [0.2, 0.25) is 0 Å². The summed E-state index contributed by atoms with van der Waals surface area (Å²) in [6.07, 6.45) is 1.30. The fraction of sp³-hybridized carbons (Fsp3) is 0.700. The molecule has 1 aromatic rings. The molecule has 1 aliphatic rings. The lowest BCUT2D eigenvalue weighted by molar-refractivity contribution is -0.157. The van der Waals surface area contributed by atoms with Gasteiger partial charge in [-0.1, -0.05) is 46.8 Å². The van der Waals surface area contributed by atoms with Crippen LogP contribution in [0.15, 0.2) is 24.3 Å². The number of hydrogen-bond acceptors (Lipinski definition) is 9. The van der Waals surface area contributed by atoms with Crippen LogP contribution in [-0.2, 0) is 23.8 Å². The summed E-state index contributed by atoms with van der Waals surface area (Å²) in [4.78, 5) is 37.5. The number of rotatable bonds is 17. The number of aliphatic hydroxyl groups is 1. The second-order valence-electron chi connectivity index (χ2n) is 11.3. The van der Waals surface area contributed by atoms with E-state index >= 15 is 0 Å². The minimum atomic E-state index is -0.666. The minimum absolute atomic E-state index is 0.00830. The summed E-state index contributed by atoms with van der Waals surface area (Å²) >= 11 is 1.34. The average Bonchev–Trinajstić information content (AvgIpc) is 3.51. The normalized spacial score (nSPS) is 22.1. The van der Waals surface area contributed by atoms with Crippen LogP contribution < -0.4 is 10.1 Å². The maximum atomic E-state index is 12.9. The summed E-state index contributed by atoms with van der Waals surface area (Å²) in [6.45, 7) is 12.7. The number of benzene rings is 1. The molecule has 0 saturated heterocycles. The molecule has 1 saturated carbocycles. The molecule has 0 radical (unpaired) electrons. The summed E-state index contributed by atoms with van der Waals surface area (Å²) in [5, 5.41) is 11.4. The van der Waals surface area contributed by atoms with Crippen molar-refractivity contribution >= 4 is 29.8 Å². The fourth-order valence-corrected chi connectivity index (χ4v) is 6.47. The Bertz CT molecular complexity index is 986. The van der Waals surface area contributed by atoms with Gasteiger partial charge in [0.05, 0.1) is 25.7 Å². The van der Waals surface area contributed by atoms with Crippen molar-refractivity contribution < 1.29 is 38.4 Å². The van der Waals surface area contributed by atoms with Crippen molar-refractivity contribution in [1.82, 2.24) is 5.32 Å². The SMILES string of the molecule is CC[C@](C)(C(=O)OC)C1(C)CC1(C)CC(SCCO)C(=O)OCCNC(=O)OCCOc1ccc(C(C)C)cc1. The number of thioether (sulfide) groups is 1. The van der Waals surface area contributed by atoms with Gasteiger partial charge < -0.3 is 29.4 Å². The van der Waals surface area contributed by atoms with E-state index in [9.17, 15) is 19.5 Å². The molecule has 4 atom stereocenters. The largest absolute Gasteiger partial charge is 0.490 e. The molecule has 226 valence electrons. The molecule has 3 unspecified atom stereocenters. The van der Waals surface area contributed by atoms with E-state index in [1.807, 2.05) is 38.1 Å². The Labute approximate surface area is 243 Å². The Morgan fingerprint density at radius 3 is 2.35 bits per heavy atom. The molecule has 1 fully saturated rings. The molecule has 40 heavy (non-hydrogen) atoms. The first-order valence-corrected chi connectivity index (χ1v) is 15.0. The molecular formula is C30H47NO8S. The minimum Gasteiger partial charge on any atom is -0.490 e. The monoisotopic (exact) mass is 581 g/mol. The highest BCUT2D eigenvalue weighted by molar-refractivity contribution is 8.00. The van der Waals surface area contributed by atoms with E-state index in [4.69, 9.17) is 18.9 Å². The van der Waals surface area contributed by atoms with E-state index in [0.29, 0.717) is 30.3 Å². The highest BCUT2D eigenvalue weighted by Crippen LogP contribution is 2.74. The first-order chi connectivity index (χ1) is 18.9. The highest BCUT2D eigenvalue weighted by atomic mass is 32.2. The molecule has 9 nitrogen and oxygen atoms in total. The number of alkyl carbamates (subject to hydrolysis) is 1. The topological polar surface area (TPSA) is 120 Å². The molecule has 2 N–H and O–H groups in total. The molecule has 0 aliphatic heterocycles. The van der Waals surface area contributed by atoms with Gasteiger partial charge in [0.2, 0.25) is 0 Å². The summed E-state index contributed by atoms with van der Waals surface area (Å²) < 4.78 is 21.3. The van der Waals surface area contributed by atoms with Gasteiger partial charge in [-0.15, -0.1) is 11.8 Å². The van der Waals surface area contributed by atoms with E-state index in [1.165, 1.54) is 24.4 Å². The summed E-state index contributed by atoms with van der Waals surface area (Å²) in [6, 6.07) is 7.80. The van der Waals surface area contributed by atoms with Gasteiger partial charge in [-0.2, -0.15) is 0 Å². The third-order valence-electron chi connectivity index (χ3n) is 8.57. The number of carbonyl (C=O) groups is 3. The Kier molecular flexibility index (Phi) is 12.6. The van der Waals surface area contributed by atoms with Gasteiger partial charge in [0.15, 0.2) is 0 Å².